The summed E-state index contributed by atoms with van der Waals surface area (Å²) in [7, 11) is 1.65. The molecule has 1 heterocycles. The van der Waals surface area contributed by atoms with Crippen LogP contribution < -0.4 is 5.69 Å². The fourth-order valence-electron chi connectivity index (χ4n) is 4.31. The Kier molecular flexibility index (Phi) is 11.6. The summed E-state index contributed by atoms with van der Waals surface area (Å²) >= 11 is 0. The number of fused-ring (bicyclic) bond motifs is 1. The maximum absolute atomic E-state index is 13.0. The second-order valence-electron chi connectivity index (χ2n) is 10.3. The molecule has 1 fully saturated rings. The molecule has 1 atom stereocenters. The van der Waals surface area contributed by atoms with Crippen LogP contribution in [0, 0.1) is 11.8 Å². The summed E-state index contributed by atoms with van der Waals surface area (Å²) in [6.45, 7) is 7.62. The summed E-state index contributed by atoms with van der Waals surface area (Å²) < 4.78 is 29.7. The van der Waals surface area contributed by atoms with Crippen LogP contribution in [0.15, 0.2) is 23.0 Å². The van der Waals surface area contributed by atoms with Gasteiger partial charge in [-0.3, -0.25) is 18.7 Å². The van der Waals surface area contributed by atoms with E-state index in [0.29, 0.717) is 62.5 Å². The highest BCUT2D eigenvalue weighted by Gasteiger charge is 2.31. The molecule has 40 heavy (non-hydrogen) atoms. The second kappa shape index (κ2) is 14.9. The number of hydrogen-bond acceptors (Lipinski definition) is 9. The largest absolute Gasteiger partial charge is 0.458 e. The molecule has 0 saturated heterocycles. The number of carbonyl (C=O) groups excluding carboxylic acids is 3. The quantitative estimate of drug-likeness (QED) is 0.157. The first-order valence-electron chi connectivity index (χ1n) is 13.3. The number of ether oxygens (including phenoxy) is 5. The van der Waals surface area contributed by atoms with Crippen molar-refractivity contribution in [1.29, 1.82) is 0 Å². The van der Waals surface area contributed by atoms with Crippen molar-refractivity contribution >= 4 is 28.6 Å². The third-order valence-electron chi connectivity index (χ3n) is 6.01. The van der Waals surface area contributed by atoms with Crippen LogP contribution in [0.3, 0.4) is 0 Å². The van der Waals surface area contributed by atoms with E-state index in [0.717, 1.165) is 0 Å². The number of Topliss-reactive ketones (excluding diaryl/α,β-unsaturated/α-hetero) is 2. The van der Waals surface area contributed by atoms with E-state index in [4.69, 9.17) is 23.7 Å². The molecular weight excluding hydrogens is 520 g/mol. The predicted octanol–water partition coefficient (Wildman–Crippen LogP) is 1.96. The van der Waals surface area contributed by atoms with E-state index >= 15 is 0 Å². The average molecular weight is 559 g/mol. The minimum absolute atomic E-state index is 0.0845. The Hall–Kier alpha value is -3.30. The Balaban J connectivity index is 1.35. The van der Waals surface area contributed by atoms with Gasteiger partial charge in [-0.25, -0.2) is 9.59 Å². The second-order valence-corrected chi connectivity index (χ2v) is 10.3. The molecular formula is C29H38N2O9. The van der Waals surface area contributed by atoms with Gasteiger partial charge in [0.15, 0.2) is 5.78 Å². The van der Waals surface area contributed by atoms with Gasteiger partial charge in [0.2, 0.25) is 0 Å². The van der Waals surface area contributed by atoms with E-state index in [2.05, 4.69) is 11.8 Å². The van der Waals surface area contributed by atoms with Gasteiger partial charge in [0.1, 0.15) is 24.6 Å². The molecule has 11 heteroatoms. The van der Waals surface area contributed by atoms with Gasteiger partial charge in [0, 0.05) is 13.5 Å². The maximum atomic E-state index is 13.0. The zero-order valence-electron chi connectivity index (χ0n) is 23.7. The van der Waals surface area contributed by atoms with Crippen LogP contribution in [0.2, 0.25) is 0 Å². The highest BCUT2D eigenvalue weighted by Crippen LogP contribution is 2.27. The van der Waals surface area contributed by atoms with Crippen LogP contribution in [0.1, 0.15) is 51.6 Å². The van der Waals surface area contributed by atoms with Crippen molar-refractivity contribution < 1.29 is 38.1 Å². The van der Waals surface area contributed by atoms with Crippen molar-refractivity contribution in [1.82, 2.24) is 9.13 Å². The van der Waals surface area contributed by atoms with E-state index in [1.807, 2.05) is 6.07 Å². The predicted molar refractivity (Wildman–Crippen MR) is 146 cm³/mol. The number of carbonyl (C=O) groups is 3. The molecule has 1 aromatic carbocycles. The minimum Gasteiger partial charge on any atom is -0.458 e. The van der Waals surface area contributed by atoms with Crippen LogP contribution in [0.25, 0.3) is 11.0 Å². The van der Waals surface area contributed by atoms with Gasteiger partial charge in [-0.05, 0) is 39.3 Å². The molecule has 0 aliphatic heterocycles. The lowest BCUT2D eigenvalue weighted by molar-refractivity contribution is -0.160. The van der Waals surface area contributed by atoms with Gasteiger partial charge in [0.25, 0.3) is 0 Å². The fraction of sp³-hybridized carbons (Fsp3) is 0.586. The highest BCUT2D eigenvalue weighted by atomic mass is 16.6. The number of ketones is 2. The van der Waals surface area contributed by atoms with Crippen molar-refractivity contribution in [2.24, 2.45) is 7.05 Å². The van der Waals surface area contributed by atoms with E-state index in [-0.39, 0.29) is 43.5 Å². The average Bonchev–Trinajstić information content (AvgIpc) is 3.13. The number of rotatable bonds is 13. The molecule has 0 spiro atoms. The van der Waals surface area contributed by atoms with Crippen LogP contribution in [-0.4, -0.2) is 85.1 Å². The number of esters is 1. The van der Waals surface area contributed by atoms with Crippen molar-refractivity contribution in [3.8, 4) is 11.8 Å². The van der Waals surface area contributed by atoms with Gasteiger partial charge in [0.05, 0.1) is 68.7 Å². The topological polar surface area (TPSA) is 124 Å². The number of benzene rings is 1. The summed E-state index contributed by atoms with van der Waals surface area (Å²) in [6.07, 6.45) is 0.492. The van der Waals surface area contributed by atoms with Gasteiger partial charge < -0.3 is 23.7 Å². The lowest BCUT2D eigenvalue weighted by atomic mass is 9.92. The first kappa shape index (κ1) is 31.2. The first-order chi connectivity index (χ1) is 19.1. The lowest BCUT2D eigenvalue weighted by Gasteiger charge is -2.21. The zero-order chi connectivity index (χ0) is 29.1. The summed E-state index contributed by atoms with van der Waals surface area (Å²) in [4.78, 5) is 48.6. The number of para-hydroxylation sites is 1. The Morgan fingerprint density at radius 1 is 0.975 bits per heavy atom. The molecule has 0 N–H and O–H groups in total. The van der Waals surface area contributed by atoms with Crippen LogP contribution >= 0.6 is 0 Å². The summed E-state index contributed by atoms with van der Waals surface area (Å²) in [5, 5.41) is 0. The third-order valence-corrected chi connectivity index (χ3v) is 6.01. The Labute approximate surface area is 233 Å². The number of imidazole rings is 1. The van der Waals surface area contributed by atoms with Crippen molar-refractivity contribution in [2.75, 3.05) is 52.9 Å². The Morgan fingerprint density at radius 3 is 2.27 bits per heavy atom. The van der Waals surface area contributed by atoms with E-state index in [1.54, 1.807) is 40.0 Å². The Bertz CT molecular complexity index is 1310. The zero-order valence-corrected chi connectivity index (χ0v) is 23.7. The summed E-state index contributed by atoms with van der Waals surface area (Å²) in [5.74, 6) is 5.29. The highest BCUT2D eigenvalue weighted by molar-refractivity contribution is 6.03. The molecule has 0 radical (unpaired) electrons. The third kappa shape index (κ3) is 9.13. The fourth-order valence-corrected chi connectivity index (χ4v) is 4.31. The molecule has 11 nitrogen and oxygen atoms in total. The molecule has 218 valence electrons. The van der Waals surface area contributed by atoms with Crippen LogP contribution in [0.4, 0.5) is 0 Å². The van der Waals surface area contributed by atoms with Gasteiger partial charge in [-0.15, -0.1) is 0 Å². The monoisotopic (exact) mass is 558 g/mol. The molecule has 2 aromatic rings. The van der Waals surface area contributed by atoms with E-state index < -0.39 is 17.6 Å². The number of hydrogen-bond donors (Lipinski definition) is 0. The normalized spacial score (nSPS) is 15.8. The van der Waals surface area contributed by atoms with Crippen molar-refractivity contribution in [3.05, 3.63) is 34.2 Å². The smallest absolute Gasteiger partial charge is 0.332 e. The van der Waals surface area contributed by atoms with Crippen molar-refractivity contribution in [3.63, 3.8) is 0 Å². The van der Waals surface area contributed by atoms with E-state index in [9.17, 15) is 19.2 Å². The minimum atomic E-state index is -0.636. The Morgan fingerprint density at radius 2 is 1.62 bits per heavy atom. The number of aryl methyl sites for hydroxylation is 1. The van der Waals surface area contributed by atoms with Crippen LogP contribution in [0.5, 0.6) is 0 Å². The number of aromatic nitrogens is 2. The molecule has 1 aliphatic carbocycles. The number of nitrogens with zero attached hydrogens (tertiary/aromatic N) is 2. The molecule has 1 aliphatic rings. The molecule has 1 aromatic heterocycles. The summed E-state index contributed by atoms with van der Waals surface area (Å²) in [6, 6.07) is 4.77. The van der Waals surface area contributed by atoms with E-state index in [1.165, 1.54) is 9.13 Å². The first-order valence-corrected chi connectivity index (χ1v) is 13.3. The lowest BCUT2D eigenvalue weighted by Crippen LogP contribution is -2.34. The molecule has 1 unspecified atom stereocenters. The van der Waals surface area contributed by atoms with Gasteiger partial charge in [-0.1, -0.05) is 17.9 Å². The molecule has 3 rings (SSSR count). The van der Waals surface area contributed by atoms with Crippen molar-refractivity contribution in [2.45, 2.75) is 51.7 Å². The van der Waals surface area contributed by atoms with Gasteiger partial charge >= 0.3 is 11.7 Å². The maximum Gasteiger partial charge on any atom is 0.332 e. The van der Waals surface area contributed by atoms with Crippen LogP contribution in [-0.2, 0) is 45.1 Å². The standard InChI is InChI=1S/C29H38N2O9/c1-29(2,3)40-26(34)20-39-18-17-38-16-15-37-14-13-36-12-6-8-21-7-5-9-24-27(21)30(4)28(35)31(24)23-11-10-22(32)19-25(23)33/h5,7,9,23H,10-20H2,1-4H3. The molecule has 0 amide bonds. The van der Waals surface area contributed by atoms with Gasteiger partial charge in [-0.2, -0.15) is 0 Å². The molecule has 0 bridgehead atoms. The molecule has 1 saturated carbocycles. The SMILES string of the molecule is Cn1c(=O)n(C2CCC(=O)CC2=O)c2cccc(C#CCOCCOCCOCCOCC(=O)OC(C)(C)C)c21. The summed E-state index contributed by atoms with van der Waals surface area (Å²) in [5.41, 5.74) is 1.09.